The Morgan fingerprint density at radius 3 is 2.38 bits per heavy atom. The van der Waals surface area contributed by atoms with Crippen LogP contribution in [0.4, 0.5) is 5.69 Å². The zero-order chi connectivity index (χ0) is 12.6. The van der Waals surface area contributed by atoms with Gasteiger partial charge in [0.2, 0.25) is 0 Å². The molecule has 0 saturated carbocycles. The fraction of sp³-hybridized carbons (Fsp3) is 0.429. The van der Waals surface area contributed by atoms with Gasteiger partial charge < -0.3 is 10.5 Å². The molecule has 0 bridgehead atoms. The van der Waals surface area contributed by atoms with Crippen LogP contribution in [0.3, 0.4) is 0 Å². The van der Waals surface area contributed by atoms with Crippen LogP contribution in [0, 0.1) is 0 Å². The summed E-state index contributed by atoms with van der Waals surface area (Å²) in [6, 6.07) is 5.67. The van der Waals surface area contributed by atoms with Crippen LogP contribution < -0.4 is 10.5 Å². The van der Waals surface area contributed by atoms with Crippen molar-refractivity contribution in [3.05, 3.63) is 29.8 Å². The van der Waals surface area contributed by atoms with E-state index in [0.717, 1.165) is 22.6 Å². The molecule has 0 aliphatic rings. The maximum atomic E-state index is 5.82. The van der Waals surface area contributed by atoms with Crippen LogP contribution in [0.1, 0.15) is 39.7 Å². The van der Waals surface area contributed by atoms with Crippen molar-refractivity contribution in [2.75, 3.05) is 12.8 Å². The first-order valence-electron chi connectivity index (χ1n) is 5.67. The van der Waals surface area contributed by atoms with E-state index in [0.29, 0.717) is 0 Å². The minimum Gasteiger partial charge on any atom is -0.497 e. The molecule has 2 heteroatoms. The SMILES string of the molecule is C/C=C(\C)c1cc(OC)ccc1N.CCC. The van der Waals surface area contributed by atoms with Crippen LogP contribution in [-0.2, 0) is 0 Å². The number of hydrogen-bond donors (Lipinski definition) is 1. The van der Waals surface area contributed by atoms with E-state index >= 15 is 0 Å². The van der Waals surface area contributed by atoms with E-state index in [1.165, 1.54) is 6.42 Å². The highest BCUT2D eigenvalue weighted by Gasteiger charge is 2.01. The molecule has 2 nitrogen and oxygen atoms in total. The molecule has 0 radical (unpaired) electrons. The molecular formula is C14H23NO. The zero-order valence-electron chi connectivity index (χ0n) is 11.0. The number of hydrogen-bond acceptors (Lipinski definition) is 2. The normalized spacial score (nSPS) is 10.4. The summed E-state index contributed by atoms with van der Waals surface area (Å²) in [7, 11) is 1.65. The number of rotatable bonds is 2. The standard InChI is InChI=1S/C11H15NO.C3H8/c1-4-8(2)10-7-9(13-3)5-6-11(10)12;1-3-2/h4-7H,12H2,1-3H3;3H2,1-2H3/b8-4+;. The number of ether oxygens (including phenoxy) is 1. The van der Waals surface area contributed by atoms with Crippen molar-refractivity contribution < 1.29 is 4.74 Å². The summed E-state index contributed by atoms with van der Waals surface area (Å²) in [5.41, 5.74) is 8.82. The molecule has 0 unspecified atom stereocenters. The molecule has 0 atom stereocenters. The summed E-state index contributed by atoms with van der Waals surface area (Å²) in [6.45, 7) is 8.28. The first-order valence-corrected chi connectivity index (χ1v) is 5.67. The topological polar surface area (TPSA) is 35.2 Å². The Morgan fingerprint density at radius 2 is 1.94 bits per heavy atom. The fourth-order valence-corrected chi connectivity index (χ4v) is 1.16. The molecule has 0 fully saturated rings. The average Bonchev–Trinajstić information content (AvgIpc) is 2.30. The van der Waals surface area contributed by atoms with Crippen molar-refractivity contribution in [1.82, 2.24) is 0 Å². The first-order chi connectivity index (χ1) is 7.60. The van der Waals surface area contributed by atoms with Crippen molar-refractivity contribution in [3.63, 3.8) is 0 Å². The predicted octanol–water partition coefficient (Wildman–Crippen LogP) is 4.12. The fourth-order valence-electron chi connectivity index (χ4n) is 1.16. The molecule has 0 saturated heterocycles. The van der Waals surface area contributed by atoms with Gasteiger partial charge in [0.15, 0.2) is 0 Å². The van der Waals surface area contributed by atoms with E-state index in [1.807, 2.05) is 38.1 Å². The monoisotopic (exact) mass is 221 g/mol. The number of anilines is 1. The van der Waals surface area contributed by atoms with E-state index in [9.17, 15) is 0 Å². The van der Waals surface area contributed by atoms with Crippen LogP contribution in [0.25, 0.3) is 5.57 Å². The number of methoxy groups -OCH3 is 1. The van der Waals surface area contributed by atoms with E-state index in [-0.39, 0.29) is 0 Å². The smallest absolute Gasteiger partial charge is 0.119 e. The van der Waals surface area contributed by atoms with Crippen molar-refractivity contribution in [3.8, 4) is 5.75 Å². The quantitative estimate of drug-likeness (QED) is 0.762. The van der Waals surface area contributed by atoms with Gasteiger partial charge in [-0.05, 0) is 37.6 Å². The van der Waals surface area contributed by atoms with Gasteiger partial charge in [-0.3, -0.25) is 0 Å². The molecule has 1 rings (SSSR count). The van der Waals surface area contributed by atoms with Gasteiger partial charge in [-0.25, -0.2) is 0 Å². The lowest BCUT2D eigenvalue weighted by Gasteiger charge is -2.07. The second kappa shape index (κ2) is 7.80. The average molecular weight is 221 g/mol. The summed E-state index contributed by atoms with van der Waals surface area (Å²) in [4.78, 5) is 0. The van der Waals surface area contributed by atoms with E-state index in [1.54, 1.807) is 7.11 Å². The summed E-state index contributed by atoms with van der Waals surface area (Å²) >= 11 is 0. The lowest BCUT2D eigenvalue weighted by Crippen LogP contribution is -1.93. The maximum absolute atomic E-state index is 5.82. The Bertz CT molecular complexity index is 343. The molecule has 2 N–H and O–H groups in total. The molecule has 90 valence electrons. The predicted molar refractivity (Wildman–Crippen MR) is 72.7 cm³/mol. The Hall–Kier alpha value is -1.44. The Balaban J connectivity index is 0.000000673. The second-order valence-electron chi connectivity index (χ2n) is 3.63. The highest BCUT2D eigenvalue weighted by atomic mass is 16.5. The lowest BCUT2D eigenvalue weighted by atomic mass is 10.1. The molecule has 0 spiro atoms. The van der Waals surface area contributed by atoms with Crippen LogP contribution in [0.2, 0.25) is 0 Å². The number of nitrogen functional groups attached to an aromatic ring is 1. The highest BCUT2D eigenvalue weighted by Crippen LogP contribution is 2.25. The summed E-state index contributed by atoms with van der Waals surface area (Å²) < 4.78 is 5.12. The lowest BCUT2D eigenvalue weighted by molar-refractivity contribution is 0.415. The third-order valence-corrected chi connectivity index (χ3v) is 2.12. The molecule has 0 aliphatic heterocycles. The third-order valence-electron chi connectivity index (χ3n) is 2.12. The minimum atomic E-state index is 0.788. The summed E-state index contributed by atoms with van der Waals surface area (Å²) in [5.74, 6) is 0.838. The molecule has 0 heterocycles. The van der Waals surface area contributed by atoms with Crippen LogP contribution in [0.15, 0.2) is 24.3 Å². The van der Waals surface area contributed by atoms with Crippen molar-refractivity contribution in [1.29, 1.82) is 0 Å². The van der Waals surface area contributed by atoms with E-state index in [2.05, 4.69) is 13.8 Å². The van der Waals surface area contributed by atoms with Gasteiger partial charge in [0, 0.05) is 11.3 Å². The summed E-state index contributed by atoms with van der Waals surface area (Å²) in [6.07, 6.45) is 3.28. The summed E-state index contributed by atoms with van der Waals surface area (Å²) in [5, 5.41) is 0. The van der Waals surface area contributed by atoms with Crippen molar-refractivity contribution >= 4 is 11.3 Å². The number of benzene rings is 1. The second-order valence-corrected chi connectivity index (χ2v) is 3.63. The van der Waals surface area contributed by atoms with Crippen molar-refractivity contribution in [2.45, 2.75) is 34.1 Å². The molecule has 16 heavy (non-hydrogen) atoms. The van der Waals surface area contributed by atoms with Crippen molar-refractivity contribution in [2.24, 2.45) is 0 Å². The van der Waals surface area contributed by atoms with E-state index in [4.69, 9.17) is 10.5 Å². The molecule has 1 aromatic rings. The van der Waals surface area contributed by atoms with E-state index < -0.39 is 0 Å². The molecule has 0 aliphatic carbocycles. The Kier molecular flexibility index (Phi) is 7.10. The van der Waals surface area contributed by atoms with Gasteiger partial charge in [0.1, 0.15) is 5.75 Å². The van der Waals surface area contributed by atoms with Crippen LogP contribution in [0.5, 0.6) is 5.75 Å². The number of nitrogens with two attached hydrogens (primary N) is 1. The van der Waals surface area contributed by atoms with Crippen LogP contribution >= 0.6 is 0 Å². The zero-order valence-corrected chi connectivity index (χ0v) is 11.0. The molecule has 0 aromatic heterocycles. The number of allylic oxidation sites excluding steroid dienone is 2. The molecular weight excluding hydrogens is 198 g/mol. The molecule has 1 aromatic carbocycles. The molecule has 0 amide bonds. The Labute approximate surface area is 99.1 Å². The largest absolute Gasteiger partial charge is 0.497 e. The Morgan fingerprint density at radius 1 is 1.38 bits per heavy atom. The van der Waals surface area contributed by atoms with Gasteiger partial charge >= 0.3 is 0 Å². The minimum absolute atomic E-state index is 0.788. The van der Waals surface area contributed by atoms with Gasteiger partial charge in [-0.2, -0.15) is 0 Å². The highest BCUT2D eigenvalue weighted by molar-refractivity contribution is 5.74. The third kappa shape index (κ3) is 4.39. The van der Waals surface area contributed by atoms with Gasteiger partial charge in [-0.1, -0.05) is 26.3 Å². The first kappa shape index (κ1) is 14.6. The van der Waals surface area contributed by atoms with Gasteiger partial charge in [0.05, 0.1) is 7.11 Å². The van der Waals surface area contributed by atoms with Crippen LogP contribution in [-0.4, -0.2) is 7.11 Å². The van der Waals surface area contributed by atoms with Gasteiger partial charge in [-0.15, -0.1) is 0 Å². The maximum Gasteiger partial charge on any atom is 0.119 e. The van der Waals surface area contributed by atoms with Gasteiger partial charge in [0.25, 0.3) is 0 Å².